The summed E-state index contributed by atoms with van der Waals surface area (Å²) in [5, 5.41) is 0. The first kappa shape index (κ1) is 8.96. The third kappa shape index (κ3) is 7.96. The molecule has 0 atom stereocenters. The molecule has 0 aliphatic carbocycles. The van der Waals surface area contributed by atoms with Crippen molar-refractivity contribution in [1.82, 2.24) is 0 Å². The Balaban J connectivity index is 2.75. The molecule has 0 saturated carbocycles. The first-order valence-electron chi connectivity index (χ1n) is 3.76. The van der Waals surface area contributed by atoms with Gasteiger partial charge < -0.3 is 4.74 Å². The predicted molar refractivity (Wildman–Crippen MR) is 40.6 cm³/mol. The second-order valence-corrected chi connectivity index (χ2v) is 2.88. The van der Waals surface area contributed by atoms with Gasteiger partial charge in [-0.25, -0.2) is 0 Å². The van der Waals surface area contributed by atoms with Crippen LogP contribution in [-0.4, -0.2) is 13.7 Å². The third-order valence-electron chi connectivity index (χ3n) is 1.38. The van der Waals surface area contributed by atoms with Gasteiger partial charge in [-0.15, -0.1) is 0 Å². The minimum atomic E-state index is 0.849. The van der Waals surface area contributed by atoms with E-state index < -0.39 is 0 Å². The van der Waals surface area contributed by atoms with Crippen molar-refractivity contribution in [2.45, 2.75) is 33.1 Å². The first-order chi connectivity index (χ1) is 4.27. The number of unbranched alkanes of at least 4 members (excludes halogenated alkanes) is 1. The molecule has 0 bridgehead atoms. The van der Waals surface area contributed by atoms with Gasteiger partial charge in [0, 0.05) is 13.7 Å². The van der Waals surface area contributed by atoms with E-state index >= 15 is 0 Å². The van der Waals surface area contributed by atoms with E-state index in [4.69, 9.17) is 4.74 Å². The summed E-state index contributed by atoms with van der Waals surface area (Å²) in [5.74, 6) is 0.849. The molecule has 0 spiro atoms. The lowest BCUT2D eigenvalue weighted by Gasteiger charge is -2.02. The Kier molecular flexibility index (Phi) is 6.06. The number of methoxy groups -OCH3 is 1. The molecule has 0 aromatic rings. The maximum Gasteiger partial charge on any atom is 0.0462 e. The Bertz CT molecular complexity index is 50.5. The van der Waals surface area contributed by atoms with Gasteiger partial charge in [-0.05, 0) is 12.3 Å². The molecule has 1 heteroatoms. The van der Waals surface area contributed by atoms with E-state index in [1.54, 1.807) is 7.11 Å². The summed E-state index contributed by atoms with van der Waals surface area (Å²) in [4.78, 5) is 0. The standard InChI is InChI=1S/C8H18O/c1-8(2)6-4-5-7-9-3/h8H,4-7H2,1-3H3. The fourth-order valence-corrected chi connectivity index (χ4v) is 0.799. The van der Waals surface area contributed by atoms with Crippen LogP contribution in [0.15, 0.2) is 0 Å². The molecule has 0 radical (unpaired) electrons. The van der Waals surface area contributed by atoms with Crippen LogP contribution in [0.5, 0.6) is 0 Å². The zero-order valence-corrected chi connectivity index (χ0v) is 6.81. The van der Waals surface area contributed by atoms with Gasteiger partial charge in [0.15, 0.2) is 0 Å². The van der Waals surface area contributed by atoms with Gasteiger partial charge in [-0.2, -0.15) is 0 Å². The maximum atomic E-state index is 4.92. The predicted octanol–water partition coefficient (Wildman–Crippen LogP) is 2.46. The van der Waals surface area contributed by atoms with Crippen molar-refractivity contribution in [2.75, 3.05) is 13.7 Å². The highest BCUT2D eigenvalue weighted by Crippen LogP contribution is 2.05. The molecule has 0 N–H and O–H groups in total. The molecule has 0 aliphatic rings. The van der Waals surface area contributed by atoms with Crippen LogP contribution in [0.3, 0.4) is 0 Å². The molecular formula is C8H18O. The Labute approximate surface area is 58.4 Å². The van der Waals surface area contributed by atoms with Crippen LogP contribution in [0.25, 0.3) is 0 Å². The Morgan fingerprint density at radius 2 is 1.89 bits per heavy atom. The van der Waals surface area contributed by atoms with Gasteiger partial charge in [0.25, 0.3) is 0 Å². The highest BCUT2D eigenvalue weighted by molar-refractivity contribution is 4.45. The van der Waals surface area contributed by atoms with Crippen LogP contribution in [0.1, 0.15) is 33.1 Å². The minimum absolute atomic E-state index is 0.849. The van der Waals surface area contributed by atoms with E-state index in [-0.39, 0.29) is 0 Å². The van der Waals surface area contributed by atoms with E-state index in [0.29, 0.717) is 0 Å². The molecule has 0 rings (SSSR count). The molecule has 0 fully saturated rings. The van der Waals surface area contributed by atoms with Gasteiger partial charge in [0.05, 0.1) is 0 Å². The molecule has 0 aliphatic heterocycles. The molecule has 1 nitrogen and oxygen atoms in total. The second-order valence-electron chi connectivity index (χ2n) is 2.88. The lowest BCUT2D eigenvalue weighted by atomic mass is 10.1. The van der Waals surface area contributed by atoms with Crippen LogP contribution < -0.4 is 0 Å². The van der Waals surface area contributed by atoms with Crippen molar-refractivity contribution in [3.63, 3.8) is 0 Å². The van der Waals surface area contributed by atoms with Crippen LogP contribution in [-0.2, 0) is 4.74 Å². The Hall–Kier alpha value is -0.0400. The Morgan fingerprint density at radius 3 is 2.33 bits per heavy atom. The molecule has 56 valence electrons. The zero-order valence-electron chi connectivity index (χ0n) is 6.81. The molecule has 0 aromatic carbocycles. The molecule has 0 heterocycles. The largest absolute Gasteiger partial charge is 0.385 e. The Morgan fingerprint density at radius 1 is 1.22 bits per heavy atom. The number of ether oxygens (including phenoxy) is 1. The topological polar surface area (TPSA) is 9.23 Å². The molecule has 9 heavy (non-hydrogen) atoms. The summed E-state index contributed by atoms with van der Waals surface area (Å²) >= 11 is 0. The molecule has 0 unspecified atom stereocenters. The summed E-state index contributed by atoms with van der Waals surface area (Å²) in [6.45, 7) is 5.44. The first-order valence-corrected chi connectivity index (χ1v) is 3.76. The zero-order chi connectivity index (χ0) is 7.11. The van der Waals surface area contributed by atoms with E-state index in [0.717, 1.165) is 12.5 Å². The van der Waals surface area contributed by atoms with Crippen molar-refractivity contribution in [3.05, 3.63) is 0 Å². The van der Waals surface area contributed by atoms with Crippen LogP contribution in [0.2, 0.25) is 0 Å². The van der Waals surface area contributed by atoms with E-state index in [1.807, 2.05) is 0 Å². The molecule has 0 amide bonds. The van der Waals surface area contributed by atoms with Crippen molar-refractivity contribution in [2.24, 2.45) is 5.92 Å². The smallest absolute Gasteiger partial charge is 0.0462 e. The minimum Gasteiger partial charge on any atom is -0.385 e. The second kappa shape index (κ2) is 6.09. The van der Waals surface area contributed by atoms with E-state index in [1.165, 1.54) is 19.3 Å². The normalized spacial score (nSPS) is 10.7. The summed E-state index contributed by atoms with van der Waals surface area (Å²) < 4.78 is 4.92. The van der Waals surface area contributed by atoms with Crippen molar-refractivity contribution >= 4 is 0 Å². The van der Waals surface area contributed by atoms with Crippen molar-refractivity contribution in [1.29, 1.82) is 0 Å². The lowest BCUT2D eigenvalue weighted by Crippen LogP contribution is -1.91. The molecule has 0 aromatic heterocycles. The van der Waals surface area contributed by atoms with Gasteiger partial charge in [0.2, 0.25) is 0 Å². The fraction of sp³-hybridized carbons (Fsp3) is 1.00. The average molecular weight is 130 g/mol. The lowest BCUT2D eigenvalue weighted by molar-refractivity contribution is 0.191. The van der Waals surface area contributed by atoms with Crippen LogP contribution in [0.4, 0.5) is 0 Å². The van der Waals surface area contributed by atoms with Gasteiger partial charge >= 0.3 is 0 Å². The number of hydrogen-bond donors (Lipinski definition) is 0. The van der Waals surface area contributed by atoms with Crippen molar-refractivity contribution < 1.29 is 4.74 Å². The molecule has 0 saturated heterocycles. The molecular weight excluding hydrogens is 112 g/mol. The fourth-order valence-electron chi connectivity index (χ4n) is 0.799. The van der Waals surface area contributed by atoms with Crippen LogP contribution in [0, 0.1) is 5.92 Å². The summed E-state index contributed by atoms with van der Waals surface area (Å²) in [6.07, 6.45) is 3.86. The summed E-state index contributed by atoms with van der Waals surface area (Å²) in [6, 6.07) is 0. The quantitative estimate of drug-likeness (QED) is 0.519. The number of rotatable bonds is 5. The SMILES string of the molecule is COCCCCC(C)C. The van der Waals surface area contributed by atoms with E-state index in [9.17, 15) is 0 Å². The van der Waals surface area contributed by atoms with Gasteiger partial charge in [-0.3, -0.25) is 0 Å². The monoisotopic (exact) mass is 130 g/mol. The van der Waals surface area contributed by atoms with Gasteiger partial charge in [0.1, 0.15) is 0 Å². The summed E-state index contributed by atoms with van der Waals surface area (Å²) in [7, 11) is 1.76. The third-order valence-corrected chi connectivity index (χ3v) is 1.38. The van der Waals surface area contributed by atoms with Crippen LogP contribution >= 0.6 is 0 Å². The maximum absolute atomic E-state index is 4.92. The average Bonchev–Trinajstić information content (AvgIpc) is 1.80. The highest BCUT2D eigenvalue weighted by atomic mass is 16.5. The van der Waals surface area contributed by atoms with E-state index in [2.05, 4.69) is 13.8 Å². The van der Waals surface area contributed by atoms with Gasteiger partial charge in [-0.1, -0.05) is 26.7 Å². The highest BCUT2D eigenvalue weighted by Gasteiger charge is 1.92. The van der Waals surface area contributed by atoms with Crippen molar-refractivity contribution in [3.8, 4) is 0 Å². The summed E-state index contributed by atoms with van der Waals surface area (Å²) in [5.41, 5.74) is 0. The number of hydrogen-bond acceptors (Lipinski definition) is 1.